The first kappa shape index (κ1) is 20.1. The van der Waals surface area contributed by atoms with Crippen LogP contribution >= 0.6 is 0 Å². The number of carbonyl (C=O) groups excluding carboxylic acids is 1. The van der Waals surface area contributed by atoms with Gasteiger partial charge in [0.25, 0.3) is 5.91 Å². The van der Waals surface area contributed by atoms with E-state index in [0.717, 1.165) is 16.4 Å². The number of hydrogen-bond acceptors (Lipinski definition) is 3. The third-order valence-corrected chi connectivity index (χ3v) is 5.84. The number of benzene rings is 2. The smallest absolute Gasteiger partial charge is 0.251 e. The van der Waals surface area contributed by atoms with Gasteiger partial charge in [0.15, 0.2) is 0 Å². The van der Waals surface area contributed by atoms with Crippen LogP contribution in [-0.2, 0) is 10.0 Å². The molecular weight excluding hydrogens is 350 g/mol. The predicted octanol–water partition coefficient (Wildman–Crippen LogP) is 0.553. The van der Waals surface area contributed by atoms with Crippen molar-refractivity contribution >= 4 is 15.9 Å². The lowest BCUT2D eigenvalue weighted by Gasteiger charge is -2.21. The van der Waals surface area contributed by atoms with Crippen LogP contribution in [0.4, 0.5) is 0 Å². The van der Waals surface area contributed by atoms with Crippen LogP contribution in [0.2, 0.25) is 0 Å². The summed E-state index contributed by atoms with van der Waals surface area (Å²) in [6, 6.07) is 15.7. The Kier molecular flexibility index (Phi) is 6.52. The van der Waals surface area contributed by atoms with E-state index in [1.54, 1.807) is 0 Å². The van der Waals surface area contributed by atoms with Gasteiger partial charge in [-0.1, -0.05) is 30.3 Å². The molecule has 140 valence electrons. The number of likely N-dealkylation sites (N-methyl/N-ethyl adjacent to an activating group) is 1. The second-order valence-corrected chi connectivity index (χ2v) is 8.81. The van der Waals surface area contributed by atoms with Crippen molar-refractivity contribution in [1.29, 1.82) is 0 Å². The Hall–Kier alpha value is -2.22. The molecule has 0 spiro atoms. The van der Waals surface area contributed by atoms with Crippen LogP contribution in [0.1, 0.15) is 22.0 Å². The molecule has 26 heavy (non-hydrogen) atoms. The number of nitrogens with zero attached hydrogens (tertiary/aromatic N) is 1. The highest BCUT2D eigenvalue weighted by atomic mass is 32.2. The number of amides is 1. The summed E-state index contributed by atoms with van der Waals surface area (Å²) in [5, 5.41) is 3.04. The summed E-state index contributed by atoms with van der Waals surface area (Å²) < 4.78 is 25.4. The van der Waals surface area contributed by atoms with Crippen molar-refractivity contribution in [3.8, 4) is 0 Å². The molecule has 2 aromatic carbocycles. The number of nitrogens with one attached hydrogen (secondary N) is 2. The van der Waals surface area contributed by atoms with E-state index >= 15 is 0 Å². The van der Waals surface area contributed by atoms with Crippen molar-refractivity contribution in [2.75, 3.05) is 34.7 Å². The van der Waals surface area contributed by atoms with E-state index in [2.05, 4.69) is 5.32 Å². The minimum Gasteiger partial charge on any atom is -0.340 e. The zero-order valence-electron chi connectivity index (χ0n) is 15.6. The first-order valence-corrected chi connectivity index (χ1v) is 9.83. The fraction of sp³-hybridized carbons (Fsp3) is 0.316. The Bertz CT molecular complexity index is 832. The third kappa shape index (κ3) is 4.91. The fourth-order valence-electron chi connectivity index (χ4n) is 2.58. The monoisotopic (exact) mass is 376 g/mol. The SMILES string of the molecule is CN(C)S(=O)(=O)c1ccc(C(=O)N[C@@H](C[NH+](C)C)c2ccccc2)cc1. The van der Waals surface area contributed by atoms with Gasteiger partial charge in [0, 0.05) is 19.7 Å². The van der Waals surface area contributed by atoms with Crippen LogP contribution in [0, 0.1) is 0 Å². The number of carbonyl (C=O) groups is 1. The molecule has 0 aliphatic rings. The van der Waals surface area contributed by atoms with E-state index in [-0.39, 0.29) is 16.8 Å². The van der Waals surface area contributed by atoms with Crippen molar-refractivity contribution in [3.05, 3.63) is 65.7 Å². The highest BCUT2D eigenvalue weighted by Gasteiger charge is 2.20. The topological polar surface area (TPSA) is 70.9 Å². The fourth-order valence-corrected chi connectivity index (χ4v) is 3.48. The first-order valence-electron chi connectivity index (χ1n) is 8.39. The highest BCUT2D eigenvalue weighted by Crippen LogP contribution is 2.16. The molecule has 0 aliphatic heterocycles. The van der Waals surface area contributed by atoms with Gasteiger partial charge in [-0.05, 0) is 29.8 Å². The molecule has 0 saturated carbocycles. The maximum absolute atomic E-state index is 12.6. The zero-order chi connectivity index (χ0) is 19.3. The Morgan fingerprint density at radius 1 is 1.04 bits per heavy atom. The summed E-state index contributed by atoms with van der Waals surface area (Å²) in [5.41, 5.74) is 1.46. The summed E-state index contributed by atoms with van der Waals surface area (Å²) in [6.07, 6.45) is 0. The quantitative estimate of drug-likeness (QED) is 0.742. The maximum Gasteiger partial charge on any atom is 0.251 e. The van der Waals surface area contributed by atoms with Gasteiger partial charge in [-0.3, -0.25) is 4.79 Å². The summed E-state index contributed by atoms with van der Waals surface area (Å²) in [6.45, 7) is 0.739. The molecule has 0 heterocycles. The normalized spacial score (nSPS) is 13.0. The average molecular weight is 377 g/mol. The lowest BCUT2D eigenvalue weighted by Crippen LogP contribution is -3.06. The first-order chi connectivity index (χ1) is 12.2. The third-order valence-electron chi connectivity index (χ3n) is 4.01. The number of hydrogen-bond donors (Lipinski definition) is 2. The molecule has 0 fully saturated rings. The van der Waals surface area contributed by atoms with Gasteiger partial charge in [0.1, 0.15) is 12.6 Å². The molecule has 7 heteroatoms. The van der Waals surface area contributed by atoms with E-state index in [9.17, 15) is 13.2 Å². The molecule has 2 aromatic rings. The molecule has 0 aromatic heterocycles. The largest absolute Gasteiger partial charge is 0.340 e. The molecule has 0 aliphatic carbocycles. The minimum atomic E-state index is -3.50. The van der Waals surface area contributed by atoms with Gasteiger partial charge >= 0.3 is 0 Å². The molecule has 0 unspecified atom stereocenters. The number of quaternary nitrogens is 1. The van der Waals surface area contributed by atoms with Crippen LogP contribution < -0.4 is 10.2 Å². The zero-order valence-corrected chi connectivity index (χ0v) is 16.4. The van der Waals surface area contributed by atoms with E-state index in [1.165, 1.54) is 43.3 Å². The van der Waals surface area contributed by atoms with Gasteiger partial charge in [-0.25, -0.2) is 12.7 Å². The van der Waals surface area contributed by atoms with Crippen LogP contribution in [-0.4, -0.2) is 53.4 Å². The summed E-state index contributed by atoms with van der Waals surface area (Å²) in [7, 11) is 3.51. The Morgan fingerprint density at radius 2 is 1.62 bits per heavy atom. The van der Waals surface area contributed by atoms with Crippen LogP contribution in [0.25, 0.3) is 0 Å². The van der Waals surface area contributed by atoms with Crippen molar-refractivity contribution in [2.24, 2.45) is 0 Å². The molecule has 0 bridgehead atoms. The number of sulfonamides is 1. The van der Waals surface area contributed by atoms with Crippen LogP contribution in [0.5, 0.6) is 0 Å². The van der Waals surface area contributed by atoms with Crippen LogP contribution in [0.3, 0.4) is 0 Å². The molecule has 1 atom stereocenters. The van der Waals surface area contributed by atoms with Gasteiger partial charge in [-0.15, -0.1) is 0 Å². The molecule has 6 nitrogen and oxygen atoms in total. The van der Waals surface area contributed by atoms with Gasteiger partial charge in [-0.2, -0.15) is 0 Å². The molecule has 2 N–H and O–H groups in total. The molecule has 0 radical (unpaired) electrons. The second-order valence-electron chi connectivity index (χ2n) is 6.66. The summed E-state index contributed by atoms with van der Waals surface area (Å²) in [5.74, 6) is -0.228. The highest BCUT2D eigenvalue weighted by molar-refractivity contribution is 7.89. The standard InChI is InChI=1S/C19H25N3O3S/c1-21(2)14-18(15-8-6-5-7-9-15)20-19(23)16-10-12-17(13-11-16)26(24,25)22(3)4/h5-13,18H,14H2,1-4H3,(H,20,23)/p+1/t18-/m0/s1. The van der Waals surface area contributed by atoms with Gasteiger partial charge in [0.05, 0.1) is 19.0 Å². The Labute approximate surface area is 155 Å². The van der Waals surface area contributed by atoms with Gasteiger partial charge < -0.3 is 10.2 Å². The summed E-state index contributed by atoms with van der Waals surface area (Å²) in [4.78, 5) is 14.0. The van der Waals surface area contributed by atoms with Crippen molar-refractivity contribution < 1.29 is 18.1 Å². The minimum absolute atomic E-state index is 0.126. The van der Waals surface area contributed by atoms with Crippen LogP contribution in [0.15, 0.2) is 59.5 Å². The van der Waals surface area contributed by atoms with E-state index in [4.69, 9.17) is 0 Å². The summed E-state index contributed by atoms with van der Waals surface area (Å²) >= 11 is 0. The molecular formula is C19H26N3O3S+. The van der Waals surface area contributed by atoms with Crippen molar-refractivity contribution in [3.63, 3.8) is 0 Å². The Morgan fingerprint density at radius 3 is 2.12 bits per heavy atom. The van der Waals surface area contributed by atoms with E-state index in [0.29, 0.717) is 5.56 Å². The predicted molar refractivity (Wildman–Crippen MR) is 102 cm³/mol. The molecule has 0 saturated heterocycles. The lowest BCUT2D eigenvalue weighted by molar-refractivity contribution is -0.860. The maximum atomic E-state index is 12.6. The van der Waals surface area contributed by atoms with Crippen molar-refractivity contribution in [1.82, 2.24) is 9.62 Å². The second kappa shape index (κ2) is 8.44. The lowest BCUT2D eigenvalue weighted by atomic mass is 10.1. The van der Waals surface area contributed by atoms with E-state index < -0.39 is 10.0 Å². The van der Waals surface area contributed by atoms with Crippen molar-refractivity contribution in [2.45, 2.75) is 10.9 Å². The number of rotatable bonds is 7. The van der Waals surface area contributed by atoms with Gasteiger partial charge in [0.2, 0.25) is 10.0 Å². The molecule has 1 amide bonds. The van der Waals surface area contributed by atoms with E-state index in [1.807, 2.05) is 44.4 Å². The average Bonchev–Trinajstić information content (AvgIpc) is 2.61. The Balaban J connectivity index is 2.19. The molecule has 2 rings (SSSR count).